The summed E-state index contributed by atoms with van der Waals surface area (Å²) in [6, 6.07) is 0. The van der Waals surface area contributed by atoms with E-state index < -0.39 is 5.97 Å². The van der Waals surface area contributed by atoms with E-state index in [0.29, 0.717) is 6.61 Å². The van der Waals surface area contributed by atoms with Gasteiger partial charge < -0.3 is 4.74 Å². The average Bonchev–Trinajstić information content (AvgIpc) is 2.95. The number of aromatic nitrogens is 3. The summed E-state index contributed by atoms with van der Waals surface area (Å²) < 4.78 is 6.36. The SMILES string of the molecule is CCOC(=O)CC(=O)[C@H]1C[C@@H]1c1cn(C)nn1. The van der Waals surface area contributed by atoms with Crippen LogP contribution in [0.3, 0.4) is 0 Å². The Kier molecular flexibility index (Phi) is 3.21. The fraction of sp³-hybridized carbons (Fsp3) is 0.636. The van der Waals surface area contributed by atoms with Crippen LogP contribution >= 0.6 is 0 Å². The van der Waals surface area contributed by atoms with Gasteiger partial charge in [-0.15, -0.1) is 5.10 Å². The van der Waals surface area contributed by atoms with E-state index in [2.05, 4.69) is 10.3 Å². The highest BCUT2D eigenvalue weighted by Crippen LogP contribution is 2.47. The number of carbonyl (C=O) groups excluding carboxylic acids is 2. The van der Waals surface area contributed by atoms with Gasteiger partial charge in [-0.3, -0.25) is 14.3 Å². The lowest BCUT2D eigenvalue weighted by molar-refractivity contribution is -0.145. The molecular formula is C11H15N3O3. The second kappa shape index (κ2) is 4.65. The third kappa shape index (κ3) is 2.69. The van der Waals surface area contributed by atoms with Gasteiger partial charge in [-0.05, 0) is 13.3 Å². The molecule has 1 fully saturated rings. The van der Waals surface area contributed by atoms with Gasteiger partial charge in [0.05, 0.1) is 12.3 Å². The number of carbonyl (C=O) groups is 2. The maximum Gasteiger partial charge on any atom is 0.313 e. The zero-order valence-electron chi connectivity index (χ0n) is 9.92. The van der Waals surface area contributed by atoms with Gasteiger partial charge in [0.2, 0.25) is 0 Å². The van der Waals surface area contributed by atoms with Crippen molar-refractivity contribution >= 4 is 11.8 Å². The molecule has 6 heteroatoms. The molecule has 0 amide bonds. The predicted molar refractivity (Wildman–Crippen MR) is 58.1 cm³/mol. The summed E-state index contributed by atoms with van der Waals surface area (Å²) in [5.74, 6) is -0.455. The number of esters is 1. The number of Topliss-reactive ketones (excluding diaryl/α,β-unsaturated/α-hetero) is 1. The molecular weight excluding hydrogens is 222 g/mol. The minimum Gasteiger partial charge on any atom is -0.466 e. The van der Waals surface area contributed by atoms with Gasteiger partial charge >= 0.3 is 5.97 Å². The summed E-state index contributed by atoms with van der Waals surface area (Å²) in [5.41, 5.74) is 0.828. The molecule has 1 heterocycles. The van der Waals surface area contributed by atoms with Gasteiger partial charge in [-0.25, -0.2) is 0 Å². The largest absolute Gasteiger partial charge is 0.466 e. The second-order valence-electron chi connectivity index (χ2n) is 4.21. The van der Waals surface area contributed by atoms with Crippen LogP contribution in [-0.2, 0) is 21.4 Å². The van der Waals surface area contributed by atoms with Crippen molar-refractivity contribution in [2.75, 3.05) is 6.61 Å². The first-order valence-corrected chi connectivity index (χ1v) is 5.66. The zero-order valence-corrected chi connectivity index (χ0v) is 9.92. The normalized spacial score (nSPS) is 22.2. The lowest BCUT2D eigenvalue weighted by atomic mass is 10.1. The highest BCUT2D eigenvalue weighted by molar-refractivity contribution is 5.98. The Morgan fingerprint density at radius 3 is 2.94 bits per heavy atom. The summed E-state index contributed by atoms with van der Waals surface area (Å²) in [6.45, 7) is 2.03. The molecule has 6 nitrogen and oxygen atoms in total. The van der Waals surface area contributed by atoms with E-state index in [1.165, 1.54) is 0 Å². The summed E-state index contributed by atoms with van der Waals surface area (Å²) in [4.78, 5) is 22.9. The molecule has 0 spiro atoms. The molecule has 92 valence electrons. The number of ether oxygens (including phenoxy) is 1. The molecule has 2 rings (SSSR count). The molecule has 1 aliphatic rings. The van der Waals surface area contributed by atoms with Crippen LogP contribution in [0.5, 0.6) is 0 Å². The predicted octanol–water partition coefficient (Wildman–Crippen LogP) is 0.441. The van der Waals surface area contributed by atoms with E-state index in [-0.39, 0.29) is 24.0 Å². The van der Waals surface area contributed by atoms with Crippen LogP contribution in [0.15, 0.2) is 6.20 Å². The fourth-order valence-corrected chi connectivity index (χ4v) is 1.90. The van der Waals surface area contributed by atoms with E-state index in [1.807, 2.05) is 6.20 Å². The molecule has 0 unspecified atom stereocenters. The number of rotatable bonds is 5. The highest BCUT2D eigenvalue weighted by Gasteiger charge is 2.45. The number of ketones is 1. The van der Waals surface area contributed by atoms with Crippen molar-refractivity contribution in [3.63, 3.8) is 0 Å². The van der Waals surface area contributed by atoms with Crippen LogP contribution in [0.2, 0.25) is 0 Å². The van der Waals surface area contributed by atoms with Crippen LogP contribution in [0.1, 0.15) is 31.4 Å². The minimum absolute atomic E-state index is 0.0564. The van der Waals surface area contributed by atoms with Crippen molar-refractivity contribution in [2.24, 2.45) is 13.0 Å². The second-order valence-corrected chi connectivity index (χ2v) is 4.21. The molecule has 1 aromatic rings. The molecule has 2 atom stereocenters. The molecule has 17 heavy (non-hydrogen) atoms. The van der Waals surface area contributed by atoms with E-state index in [4.69, 9.17) is 4.74 Å². The third-order valence-corrected chi connectivity index (χ3v) is 2.83. The standard InChI is InChI=1S/C11H15N3O3/c1-3-17-11(16)5-10(15)8-4-7(8)9-6-14(2)13-12-9/h6-8H,3-5H2,1-2H3/t7-,8-/m0/s1. The van der Waals surface area contributed by atoms with Crippen LogP contribution in [-0.4, -0.2) is 33.4 Å². The van der Waals surface area contributed by atoms with Gasteiger partial charge in [-0.2, -0.15) is 0 Å². The molecule has 0 N–H and O–H groups in total. The summed E-state index contributed by atoms with van der Waals surface area (Å²) in [7, 11) is 1.79. The molecule has 1 aromatic heterocycles. The number of hydrogen-bond donors (Lipinski definition) is 0. The van der Waals surface area contributed by atoms with E-state index in [0.717, 1.165) is 12.1 Å². The quantitative estimate of drug-likeness (QED) is 0.548. The molecule has 1 aliphatic carbocycles. The first-order chi connectivity index (χ1) is 8.11. The van der Waals surface area contributed by atoms with Crippen molar-refractivity contribution in [3.8, 4) is 0 Å². The van der Waals surface area contributed by atoms with Crippen LogP contribution in [0.25, 0.3) is 0 Å². The van der Waals surface area contributed by atoms with Gasteiger partial charge in [-0.1, -0.05) is 5.21 Å². The van der Waals surface area contributed by atoms with E-state index in [9.17, 15) is 9.59 Å². The number of aryl methyl sites for hydroxylation is 1. The molecule has 0 aromatic carbocycles. The first-order valence-electron chi connectivity index (χ1n) is 5.66. The van der Waals surface area contributed by atoms with Crippen molar-refractivity contribution in [2.45, 2.75) is 25.7 Å². The molecule has 0 aliphatic heterocycles. The third-order valence-electron chi connectivity index (χ3n) is 2.83. The Labute approximate surface area is 98.9 Å². The summed E-state index contributed by atoms with van der Waals surface area (Å²) in [6.07, 6.45) is 2.44. The zero-order chi connectivity index (χ0) is 12.4. The van der Waals surface area contributed by atoms with E-state index in [1.54, 1.807) is 18.7 Å². The summed E-state index contributed by atoms with van der Waals surface area (Å²) >= 11 is 0. The monoisotopic (exact) mass is 237 g/mol. The number of nitrogens with zero attached hydrogens (tertiary/aromatic N) is 3. The van der Waals surface area contributed by atoms with Gasteiger partial charge in [0, 0.05) is 25.1 Å². The van der Waals surface area contributed by atoms with Crippen LogP contribution in [0, 0.1) is 5.92 Å². The topological polar surface area (TPSA) is 74.1 Å². The Morgan fingerprint density at radius 2 is 2.35 bits per heavy atom. The van der Waals surface area contributed by atoms with Gasteiger partial charge in [0.25, 0.3) is 0 Å². The molecule has 0 bridgehead atoms. The van der Waals surface area contributed by atoms with Crippen molar-refractivity contribution in [1.82, 2.24) is 15.0 Å². The maximum absolute atomic E-state index is 11.7. The molecule has 0 radical (unpaired) electrons. The Morgan fingerprint density at radius 1 is 1.59 bits per heavy atom. The minimum atomic E-state index is -0.442. The van der Waals surface area contributed by atoms with Crippen LogP contribution < -0.4 is 0 Å². The Hall–Kier alpha value is -1.72. The summed E-state index contributed by atoms with van der Waals surface area (Å²) in [5, 5.41) is 7.80. The average molecular weight is 237 g/mol. The molecule has 1 saturated carbocycles. The van der Waals surface area contributed by atoms with Crippen molar-refractivity contribution in [3.05, 3.63) is 11.9 Å². The first kappa shape index (κ1) is 11.8. The maximum atomic E-state index is 11.7. The van der Waals surface area contributed by atoms with Crippen LogP contribution in [0.4, 0.5) is 0 Å². The van der Waals surface area contributed by atoms with Gasteiger partial charge in [0.1, 0.15) is 12.2 Å². The van der Waals surface area contributed by atoms with E-state index >= 15 is 0 Å². The lowest BCUT2D eigenvalue weighted by Crippen LogP contribution is -2.13. The Bertz CT molecular complexity index is 441. The smallest absolute Gasteiger partial charge is 0.313 e. The lowest BCUT2D eigenvalue weighted by Gasteiger charge is -2.00. The highest BCUT2D eigenvalue weighted by atomic mass is 16.5. The fourth-order valence-electron chi connectivity index (χ4n) is 1.90. The van der Waals surface area contributed by atoms with Crippen molar-refractivity contribution < 1.29 is 14.3 Å². The Balaban J connectivity index is 1.86. The van der Waals surface area contributed by atoms with Crippen molar-refractivity contribution in [1.29, 1.82) is 0 Å². The number of hydrogen-bond acceptors (Lipinski definition) is 5. The van der Waals surface area contributed by atoms with Gasteiger partial charge in [0.15, 0.2) is 0 Å². The molecule has 0 saturated heterocycles.